The van der Waals surface area contributed by atoms with Crippen molar-refractivity contribution in [3.05, 3.63) is 0 Å². The fraction of sp³-hybridized carbons (Fsp3) is 1.00. The molecule has 124 valence electrons. The van der Waals surface area contributed by atoms with Crippen molar-refractivity contribution in [2.75, 3.05) is 20.1 Å². The van der Waals surface area contributed by atoms with Crippen LogP contribution >= 0.6 is 0 Å². The van der Waals surface area contributed by atoms with Crippen molar-refractivity contribution in [2.45, 2.75) is 84.7 Å². The molecule has 0 spiro atoms. The summed E-state index contributed by atoms with van der Waals surface area (Å²) in [6.07, 6.45) is 6.10. The van der Waals surface area contributed by atoms with Gasteiger partial charge in [-0.3, -0.25) is 0 Å². The molecule has 2 rings (SSSR count). The topological polar surface area (TPSA) is 21.7 Å². The lowest BCUT2D eigenvalue weighted by molar-refractivity contribution is 0.0227. The van der Waals surface area contributed by atoms with Crippen molar-refractivity contribution in [3.63, 3.8) is 0 Å². The molecule has 0 saturated carbocycles. The summed E-state index contributed by atoms with van der Waals surface area (Å²) < 4.78 is 12.4. The second kappa shape index (κ2) is 6.97. The Morgan fingerprint density at radius 2 is 1.62 bits per heavy atom. The van der Waals surface area contributed by atoms with Gasteiger partial charge >= 0.3 is 0 Å². The van der Waals surface area contributed by atoms with Crippen LogP contribution in [-0.2, 0) is 9.47 Å². The van der Waals surface area contributed by atoms with Gasteiger partial charge in [-0.25, -0.2) is 0 Å². The van der Waals surface area contributed by atoms with Crippen molar-refractivity contribution in [1.29, 1.82) is 0 Å². The Kier molecular flexibility index (Phi) is 5.72. The largest absolute Gasteiger partial charge is 0.372 e. The quantitative estimate of drug-likeness (QED) is 0.746. The Morgan fingerprint density at radius 1 is 1.05 bits per heavy atom. The van der Waals surface area contributed by atoms with Crippen LogP contribution in [0.15, 0.2) is 0 Å². The molecule has 3 nitrogen and oxygen atoms in total. The average Bonchev–Trinajstić information content (AvgIpc) is 2.82. The van der Waals surface area contributed by atoms with E-state index in [1.807, 2.05) is 0 Å². The third-order valence-corrected chi connectivity index (χ3v) is 4.63. The van der Waals surface area contributed by atoms with Crippen LogP contribution in [0.25, 0.3) is 0 Å². The number of nitrogens with zero attached hydrogens (tertiary/aromatic N) is 1. The molecule has 21 heavy (non-hydrogen) atoms. The van der Waals surface area contributed by atoms with Gasteiger partial charge in [-0.05, 0) is 37.8 Å². The first-order valence-electron chi connectivity index (χ1n) is 8.72. The van der Waals surface area contributed by atoms with Crippen molar-refractivity contribution >= 4 is 0 Å². The van der Waals surface area contributed by atoms with Crippen molar-refractivity contribution < 1.29 is 9.47 Å². The van der Waals surface area contributed by atoms with Crippen LogP contribution in [0, 0.1) is 11.3 Å². The fourth-order valence-electron chi connectivity index (χ4n) is 3.47. The highest BCUT2D eigenvalue weighted by atomic mass is 16.6. The first kappa shape index (κ1) is 17.2. The van der Waals surface area contributed by atoms with Gasteiger partial charge in [0.2, 0.25) is 0 Å². The molecule has 4 atom stereocenters. The molecule has 0 radical (unpaired) electrons. The zero-order chi connectivity index (χ0) is 15.6. The molecule has 3 heteroatoms. The molecule has 2 saturated heterocycles. The average molecular weight is 297 g/mol. The molecular formula is C18H35NO2. The van der Waals surface area contributed by atoms with E-state index >= 15 is 0 Å². The zero-order valence-electron chi connectivity index (χ0n) is 14.9. The van der Waals surface area contributed by atoms with Crippen molar-refractivity contribution in [2.24, 2.45) is 11.3 Å². The van der Waals surface area contributed by atoms with Crippen LogP contribution in [0.4, 0.5) is 0 Å². The summed E-state index contributed by atoms with van der Waals surface area (Å²) in [4.78, 5) is 2.42. The number of hydrogen-bond acceptors (Lipinski definition) is 3. The summed E-state index contributed by atoms with van der Waals surface area (Å²) >= 11 is 0. The van der Waals surface area contributed by atoms with Crippen LogP contribution in [0.5, 0.6) is 0 Å². The molecule has 2 aliphatic heterocycles. The molecule has 0 aromatic carbocycles. The number of rotatable bonds is 6. The first-order valence-corrected chi connectivity index (χ1v) is 8.72. The van der Waals surface area contributed by atoms with Gasteiger partial charge in [0.1, 0.15) is 0 Å². The summed E-state index contributed by atoms with van der Waals surface area (Å²) in [6.45, 7) is 13.6. The van der Waals surface area contributed by atoms with Crippen molar-refractivity contribution in [3.8, 4) is 0 Å². The smallest absolute Gasteiger partial charge is 0.0866 e. The Balaban J connectivity index is 1.68. The van der Waals surface area contributed by atoms with Gasteiger partial charge in [-0.2, -0.15) is 0 Å². The van der Waals surface area contributed by atoms with E-state index in [1.165, 1.54) is 12.8 Å². The van der Waals surface area contributed by atoms with Gasteiger partial charge in [-0.1, -0.05) is 34.6 Å². The molecule has 0 amide bonds. The lowest BCUT2D eigenvalue weighted by Crippen LogP contribution is -2.32. The summed E-state index contributed by atoms with van der Waals surface area (Å²) in [6, 6.07) is 0. The van der Waals surface area contributed by atoms with E-state index in [1.54, 1.807) is 0 Å². The summed E-state index contributed by atoms with van der Waals surface area (Å²) in [5.74, 6) is 0.716. The Labute approximate surface area is 131 Å². The maximum Gasteiger partial charge on any atom is 0.0866 e. The van der Waals surface area contributed by atoms with E-state index in [0.717, 1.165) is 25.9 Å². The fourth-order valence-corrected chi connectivity index (χ4v) is 3.47. The SMILES string of the molecule is CC(C)CC1CC2OC(CN(C)CCC(C)(C)C)CC2O1. The van der Waals surface area contributed by atoms with E-state index in [2.05, 4.69) is 46.6 Å². The monoisotopic (exact) mass is 297 g/mol. The van der Waals surface area contributed by atoms with E-state index in [4.69, 9.17) is 9.47 Å². The molecular weight excluding hydrogens is 262 g/mol. The predicted molar refractivity (Wildman–Crippen MR) is 87.6 cm³/mol. The summed E-state index contributed by atoms with van der Waals surface area (Å²) in [5, 5.41) is 0. The molecule has 2 fully saturated rings. The maximum atomic E-state index is 6.23. The van der Waals surface area contributed by atoms with Crippen molar-refractivity contribution in [1.82, 2.24) is 4.90 Å². The van der Waals surface area contributed by atoms with Crippen LogP contribution in [0.3, 0.4) is 0 Å². The maximum absolute atomic E-state index is 6.23. The predicted octanol–water partition coefficient (Wildman–Crippen LogP) is 3.72. The number of likely N-dealkylation sites (N-methyl/N-ethyl adjacent to an activating group) is 1. The minimum atomic E-state index is 0.356. The zero-order valence-corrected chi connectivity index (χ0v) is 14.9. The second-order valence-corrected chi connectivity index (χ2v) is 8.77. The van der Waals surface area contributed by atoms with E-state index in [-0.39, 0.29) is 0 Å². The second-order valence-electron chi connectivity index (χ2n) is 8.77. The van der Waals surface area contributed by atoms with Crippen LogP contribution in [0.1, 0.15) is 60.3 Å². The summed E-state index contributed by atoms with van der Waals surface area (Å²) in [5.41, 5.74) is 0.411. The molecule has 0 aliphatic carbocycles. The molecule has 2 aliphatic rings. The Bertz CT molecular complexity index is 310. The van der Waals surface area contributed by atoms with Crippen LogP contribution in [-0.4, -0.2) is 49.5 Å². The van der Waals surface area contributed by atoms with Gasteiger partial charge in [0.15, 0.2) is 0 Å². The standard InChI is InChI=1S/C18H35NO2/c1-13(2)9-14-10-16-17(20-14)11-15(21-16)12-19(6)8-7-18(3,4)5/h13-17H,7-12H2,1-6H3. The number of hydrogen-bond donors (Lipinski definition) is 0. The number of ether oxygens (including phenoxy) is 2. The molecule has 0 aromatic heterocycles. The summed E-state index contributed by atoms with van der Waals surface area (Å²) in [7, 11) is 2.21. The first-order chi connectivity index (χ1) is 9.73. The molecule has 0 bridgehead atoms. The minimum Gasteiger partial charge on any atom is -0.372 e. The molecule has 0 aromatic rings. The Hall–Kier alpha value is -0.120. The number of fused-ring (bicyclic) bond motifs is 1. The highest BCUT2D eigenvalue weighted by Crippen LogP contribution is 2.36. The van der Waals surface area contributed by atoms with Crippen LogP contribution in [0.2, 0.25) is 0 Å². The van der Waals surface area contributed by atoms with Gasteiger partial charge in [0.25, 0.3) is 0 Å². The molecule has 0 N–H and O–H groups in total. The van der Waals surface area contributed by atoms with Gasteiger partial charge in [0.05, 0.1) is 24.4 Å². The Morgan fingerprint density at radius 3 is 2.19 bits per heavy atom. The minimum absolute atomic E-state index is 0.356. The lowest BCUT2D eigenvalue weighted by Gasteiger charge is -2.26. The van der Waals surface area contributed by atoms with Gasteiger partial charge in [0, 0.05) is 19.4 Å². The molecule has 2 heterocycles. The highest BCUT2D eigenvalue weighted by Gasteiger charge is 2.43. The molecule has 4 unspecified atom stereocenters. The van der Waals surface area contributed by atoms with Gasteiger partial charge < -0.3 is 14.4 Å². The van der Waals surface area contributed by atoms with E-state index in [0.29, 0.717) is 35.7 Å². The van der Waals surface area contributed by atoms with Gasteiger partial charge in [-0.15, -0.1) is 0 Å². The lowest BCUT2D eigenvalue weighted by atomic mass is 9.92. The van der Waals surface area contributed by atoms with E-state index in [9.17, 15) is 0 Å². The third kappa shape index (κ3) is 5.54. The van der Waals surface area contributed by atoms with E-state index < -0.39 is 0 Å². The highest BCUT2D eigenvalue weighted by molar-refractivity contribution is 4.92. The normalized spacial score (nSPS) is 33.1. The third-order valence-electron chi connectivity index (χ3n) is 4.63. The van der Waals surface area contributed by atoms with Crippen LogP contribution < -0.4 is 0 Å².